The van der Waals surface area contributed by atoms with Crippen LogP contribution in [0.4, 0.5) is 0 Å². The number of aliphatic hydroxyl groups is 1. The minimum Gasteiger partial charge on any atom is -0.396 e. The number of hydrogen-bond donors (Lipinski definition) is 2. The van der Waals surface area contributed by atoms with E-state index in [0.29, 0.717) is 19.6 Å². The monoisotopic (exact) mass is 249 g/mol. The fraction of sp³-hybridized carbons (Fsp3) is 0.500. The summed E-state index contributed by atoms with van der Waals surface area (Å²) < 4.78 is 5.22. The minimum absolute atomic E-state index is 0.0230. The second kappa shape index (κ2) is 6.52. The lowest BCUT2D eigenvalue weighted by molar-refractivity contribution is -0.125. The number of benzene rings is 1. The topological polar surface area (TPSA) is 58.6 Å². The zero-order valence-electron chi connectivity index (χ0n) is 10.3. The smallest absolute Gasteiger partial charge is 0.226 e. The summed E-state index contributed by atoms with van der Waals surface area (Å²) in [7, 11) is 0. The molecule has 0 saturated carbocycles. The summed E-state index contributed by atoms with van der Waals surface area (Å²) in [5, 5.41) is 12.1. The molecule has 1 fully saturated rings. The first kappa shape index (κ1) is 13.1. The molecule has 1 aliphatic rings. The Kier molecular flexibility index (Phi) is 4.73. The third-order valence-corrected chi connectivity index (χ3v) is 3.24. The van der Waals surface area contributed by atoms with E-state index in [1.807, 2.05) is 30.3 Å². The van der Waals surface area contributed by atoms with Crippen LogP contribution >= 0.6 is 0 Å². The average molecular weight is 249 g/mol. The zero-order chi connectivity index (χ0) is 12.8. The van der Waals surface area contributed by atoms with E-state index in [9.17, 15) is 4.79 Å². The van der Waals surface area contributed by atoms with Crippen molar-refractivity contribution in [2.45, 2.75) is 18.9 Å². The van der Waals surface area contributed by atoms with Gasteiger partial charge in [0, 0.05) is 13.2 Å². The molecule has 1 aromatic rings. The molecular weight excluding hydrogens is 230 g/mol. The molecule has 98 valence electrons. The third-order valence-electron chi connectivity index (χ3n) is 3.24. The van der Waals surface area contributed by atoms with Crippen molar-refractivity contribution in [3.8, 4) is 0 Å². The van der Waals surface area contributed by atoms with E-state index in [4.69, 9.17) is 9.84 Å². The van der Waals surface area contributed by atoms with Crippen LogP contribution in [0.5, 0.6) is 0 Å². The van der Waals surface area contributed by atoms with Gasteiger partial charge in [-0.2, -0.15) is 0 Å². The number of carbonyl (C=O) groups is 1. The summed E-state index contributed by atoms with van der Waals surface area (Å²) >= 11 is 0. The molecule has 2 rings (SSSR count). The van der Waals surface area contributed by atoms with Crippen LogP contribution in [-0.2, 0) is 9.53 Å². The second-order valence-corrected chi connectivity index (χ2v) is 4.54. The van der Waals surface area contributed by atoms with Crippen molar-refractivity contribution in [2.75, 3.05) is 19.8 Å². The number of carbonyl (C=O) groups excluding carboxylic acids is 1. The predicted molar refractivity (Wildman–Crippen MR) is 68.0 cm³/mol. The Hall–Kier alpha value is -1.39. The number of nitrogens with one attached hydrogen (secondary N) is 1. The Labute approximate surface area is 107 Å². The molecule has 2 unspecified atom stereocenters. The highest BCUT2D eigenvalue weighted by Crippen LogP contribution is 2.19. The van der Waals surface area contributed by atoms with E-state index in [1.165, 1.54) is 0 Å². The third kappa shape index (κ3) is 3.31. The molecule has 2 atom stereocenters. The van der Waals surface area contributed by atoms with Gasteiger partial charge in [-0.15, -0.1) is 0 Å². The van der Waals surface area contributed by atoms with Gasteiger partial charge in [0.2, 0.25) is 5.91 Å². The molecule has 1 heterocycles. The van der Waals surface area contributed by atoms with Crippen molar-refractivity contribution in [3.05, 3.63) is 35.9 Å². The second-order valence-electron chi connectivity index (χ2n) is 4.54. The zero-order valence-corrected chi connectivity index (χ0v) is 10.3. The van der Waals surface area contributed by atoms with Crippen LogP contribution in [0.1, 0.15) is 24.4 Å². The van der Waals surface area contributed by atoms with Crippen LogP contribution in [0.2, 0.25) is 0 Å². The highest BCUT2D eigenvalue weighted by atomic mass is 16.5. The highest BCUT2D eigenvalue weighted by molar-refractivity contribution is 5.79. The summed E-state index contributed by atoms with van der Waals surface area (Å²) in [6, 6.07) is 9.61. The van der Waals surface area contributed by atoms with Crippen molar-refractivity contribution in [2.24, 2.45) is 5.92 Å². The molecular formula is C14H19NO3. The molecule has 0 bridgehead atoms. The van der Waals surface area contributed by atoms with Crippen LogP contribution in [0, 0.1) is 5.92 Å². The molecule has 4 nitrogen and oxygen atoms in total. The van der Waals surface area contributed by atoms with Gasteiger partial charge in [-0.25, -0.2) is 0 Å². The Bertz CT molecular complexity index is 374. The molecule has 4 heteroatoms. The summed E-state index contributed by atoms with van der Waals surface area (Å²) in [4.78, 5) is 12.0. The molecule has 0 spiro atoms. The number of amides is 1. The lowest BCUT2D eigenvalue weighted by Crippen LogP contribution is -2.34. The van der Waals surface area contributed by atoms with Crippen LogP contribution in [0.15, 0.2) is 30.3 Å². The van der Waals surface area contributed by atoms with Crippen molar-refractivity contribution in [3.63, 3.8) is 0 Å². The van der Waals surface area contributed by atoms with E-state index in [-0.39, 0.29) is 24.5 Å². The van der Waals surface area contributed by atoms with Gasteiger partial charge in [0.25, 0.3) is 0 Å². The maximum atomic E-state index is 12.0. The van der Waals surface area contributed by atoms with E-state index in [1.54, 1.807) is 0 Å². The van der Waals surface area contributed by atoms with Crippen LogP contribution in [0.3, 0.4) is 0 Å². The van der Waals surface area contributed by atoms with Crippen molar-refractivity contribution in [1.29, 1.82) is 0 Å². The lowest BCUT2D eigenvalue weighted by Gasteiger charge is -2.20. The largest absolute Gasteiger partial charge is 0.396 e. The van der Waals surface area contributed by atoms with Crippen LogP contribution in [-0.4, -0.2) is 30.8 Å². The number of rotatable bonds is 5. The molecule has 1 amide bonds. The summed E-state index contributed by atoms with van der Waals surface area (Å²) in [6.45, 7) is 1.22. The van der Waals surface area contributed by atoms with Gasteiger partial charge >= 0.3 is 0 Å². The van der Waals surface area contributed by atoms with Crippen molar-refractivity contribution < 1.29 is 14.6 Å². The molecule has 2 N–H and O–H groups in total. The lowest BCUT2D eigenvalue weighted by atomic mass is 10.0. The maximum Gasteiger partial charge on any atom is 0.226 e. The standard InChI is InChI=1S/C14H19NO3/c16-8-6-13(11-4-2-1-3-5-11)15-14(17)12-7-9-18-10-12/h1-5,12-13,16H,6-10H2,(H,15,17). The van der Waals surface area contributed by atoms with Gasteiger partial charge in [-0.3, -0.25) is 4.79 Å². The van der Waals surface area contributed by atoms with Gasteiger partial charge in [0.15, 0.2) is 0 Å². The predicted octanol–water partition coefficient (Wildman–Crippen LogP) is 1.26. The molecule has 1 aromatic carbocycles. The number of hydrogen-bond acceptors (Lipinski definition) is 3. The summed E-state index contributed by atoms with van der Waals surface area (Å²) in [6.07, 6.45) is 1.32. The molecule has 1 aliphatic heterocycles. The molecule has 0 radical (unpaired) electrons. The molecule has 18 heavy (non-hydrogen) atoms. The highest BCUT2D eigenvalue weighted by Gasteiger charge is 2.25. The Balaban J connectivity index is 1.99. The number of aliphatic hydroxyl groups excluding tert-OH is 1. The summed E-state index contributed by atoms with van der Waals surface area (Å²) in [5.41, 5.74) is 1.03. The SMILES string of the molecule is O=C(NC(CCO)c1ccccc1)C1CCOC1. The van der Waals surface area contributed by atoms with Gasteiger partial charge in [-0.05, 0) is 18.4 Å². The van der Waals surface area contributed by atoms with Crippen LogP contribution in [0.25, 0.3) is 0 Å². The molecule has 1 saturated heterocycles. The van der Waals surface area contributed by atoms with E-state index < -0.39 is 0 Å². The van der Waals surface area contributed by atoms with Gasteiger partial charge in [-0.1, -0.05) is 30.3 Å². The molecule has 0 aromatic heterocycles. The Morgan fingerprint density at radius 1 is 1.44 bits per heavy atom. The maximum absolute atomic E-state index is 12.0. The van der Waals surface area contributed by atoms with Gasteiger partial charge < -0.3 is 15.2 Å². The van der Waals surface area contributed by atoms with Gasteiger partial charge in [0.05, 0.1) is 18.6 Å². The summed E-state index contributed by atoms with van der Waals surface area (Å²) in [5.74, 6) is -0.0234. The quantitative estimate of drug-likeness (QED) is 0.826. The fourth-order valence-corrected chi connectivity index (χ4v) is 2.17. The molecule has 0 aliphatic carbocycles. The average Bonchev–Trinajstić information content (AvgIpc) is 2.93. The number of ether oxygens (including phenoxy) is 1. The normalized spacial score (nSPS) is 20.6. The first-order valence-electron chi connectivity index (χ1n) is 6.35. The van der Waals surface area contributed by atoms with E-state index in [0.717, 1.165) is 12.0 Å². The Morgan fingerprint density at radius 3 is 2.83 bits per heavy atom. The van der Waals surface area contributed by atoms with Crippen molar-refractivity contribution >= 4 is 5.91 Å². The first-order valence-corrected chi connectivity index (χ1v) is 6.35. The van der Waals surface area contributed by atoms with E-state index >= 15 is 0 Å². The minimum atomic E-state index is -0.121. The fourth-order valence-electron chi connectivity index (χ4n) is 2.17. The van der Waals surface area contributed by atoms with Gasteiger partial charge in [0.1, 0.15) is 0 Å². The van der Waals surface area contributed by atoms with Crippen LogP contribution < -0.4 is 5.32 Å². The van der Waals surface area contributed by atoms with E-state index in [2.05, 4.69) is 5.32 Å². The van der Waals surface area contributed by atoms with Crippen molar-refractivity contribution in [1.82, 2.24) is 5.32 Å². The first-order chi connectivity index (χ1) is 8.81. The Morgan fingerprint density at radius 2 is 2.22 bits per heavy atom.